The molecule has 1 N–H and O–H groups in total. The fraction of sp³-hybridized carbons (Fsp3) is 0.167. The Hall–Kier alpha value is -3.49. The number of carbonyl (C=O) groups excluding carboxylic acids is 1. The Kier molecular flexibility index (Phi) is 6.29. The van der Waals surface area contributed by atoms with Crippen molar-refractivity contribution in [1.82, 2.24) is 4.57 Å². The molecule has 0 unspecified atom stereocenters. The first-order valence-electron chi connectivity index (χ1n) is 9.36. The monoisotopic (exact) mass is 419 g/mol. The highest BCUT2D eigenvalue weighted by Crippen LogP contribution is 2.31. The molecule has 0 radical (unpaired) electrons. The van der Waals surface area contributed by atoms with Crippen molar-refractivity contribution in [2.75, 3.05) is 12.4 Å². The Morgan fingerprint density at radius 2 is 1.83 bits per heavy atom. The van der Waals surface area contributed by atoms with E-state index >= 15 is 0 Å². The number of hydrogen-bond donors (Lipinski definition) is 1. The molecule has 3 rings (SSSR count). The number of carbonyl (C=O) groups is 1. The number of aryl methyl sites for hydroxylation is 2. The van der Waals surface area contributed by atoms with E-state index in [1.165, 1.54) is 0 Å². The number of rotatable bonds is 5. The minimum absolute atomic E-state index is 0.0221. The average Bonchev–Trinajstić information content (AvgIpc) is 3.00. The highest BCUT2D eigenvalue weighted by Gasteiger charge is 2.16. The van der Waals surface area contributed by atoms with Gasteiger partial charge in [0.2, 0.25) is 0 Å². The van der Waals surface area contributed by atoms with Crippen LogP contribution >= 0.6 is 11.6 Å². The largest absolute Gasteiger partial charge is 0.495 e. The fourth-order valence-electron chi connectivity index (χ4n) is 3.28. The van der Waals surface area contributed by atoms with Gasteiger partial charge in [-0.1, -0.05) is 29.3 Å². The van der Waals surface area contributed by atoms with Crippen LogP contribution in [0.1, 0.15) is 22.5 Å². The van der Waals surface area contributed by atoms with Gasteiger partial charge < -0.3 is 14.6 Å². The second kappa shape index (κ2) is 8.89. The Morgan fingerprint density at radius 1 is 1.13 bits per heavy atom. The number of benzene rings is 2. The minimum Gasteiger partial charge on any atom is -0.495 e. The molecule has 30 heavy (non-hydrogen) atoms. The fourth-order valence-corrected chi connectivity index (χ4v) is 3.45. The van der Waals surface area contributed by atoms with Crippen molar-refractivity contribution in [3.05, 3.63) is 81.6 Å². The van der Waals surface area contributed by atoms with Crippen LogP contribution in [0, 0.1) is 32.1 Å². The van der Waals surface area contributed by atoms with E-state index in [4.69, 9.17) is 16.3 Å². The van der Waals surface area contributed by atoms with Crippen LogP contribution < -0.4 is 10.1 Å². The lowest BCUT2D eigenvalue weighted by atomic mass is 10.1. The summed E-state index contributed by atoms with van der Waals surface area (Å²) >= 11 is 6.19. The van der Waals surface area contributed by atoms with E-state index in [2.05, 4.69) is 5.32 Å². The number of aromatic nitrogens is 1. The zero-order chi connectivity index (χ0) is 21.8. The minimum atomic E-state index is -0.452. The zero-order valence-electron chi connectivity index (χ0n) is 17.3. The highest BCUT2D eigenvalue weighted by atomic mass is 35.5. The standard InChI is InChI=1S/C24H22ClN3O2/c1-15-5-8-21(9-6-15)27-24(29)19(14-26)12-18-11-16(2)28(17(18)3)22-13-20(25)7-10-23(22)30-4/h5-13H,1-4H3,(H,27,29)/b19-12-. The van der Waals surface area contributed by atoms with Crippen LogP contribution in [0.4, 0.5) is 5.69 Å². The second-order valence-electron chi connectivity index (χ2n) is 6.97. The SMILES string of the molecule is COc1ccc(Cl)cc1-n1c(C)cc(/C=C(/C#N)C(=O)Nc2ccc(C)cc2)c1C. The van der Waals surface area contributed by atoms with Gasteiger partial charge >= 0.3 is 0 Å². The lowest BCUT2D eigenvalue weighted by Crippen LogP contribution is -2.13. The van der Waals surface area contributed by atoms with E-state index in [0.717, 1.165) is 28.2 Å². The highest BCUT2D eigenvalue weighted by molar-refractivity contribution is 6.30. The summed E-state index contributed by atoms with van der Waals surface area (Å²) in [6, 6.07) is 16.7. The number of halogens is 1. The third-order valence-corrected chi connectivity index (χ3v) is 5.06. The van der Waals surface area contributed by atoms with Crippen molar-refractivity contribution in [2.24, 2.45) is 0 Å². The molecule has 5 nitrogen and oxygen atoms in total. The molecule has 0 fully saturated rings. The predicted molar refractivity (Wildman–Crippen MR) is 120 cm³/mol. The molecule has 2 aromatic carbocycles. The first kappa shape index (κ1) is 21.2. The van der Waals surface area contributed by atoms with E-state index in [1.54, 1.807) is 31.4 Å². The topological polar surface area (TPSA) is 67.0 Å². The van der Waals surface area contributed by atoms with Crippen LogP contribution in [0.5, 0.6) is 5.75 Å². The molecule has 0 saturated heterocycles. The number of amides is 1. The maximum atomic E-state index is 12.6. The Bertz CT molecular complexity index is 1170. The first-order valence-corrected chi connectivity index (χ1v) is 9.74. The van der Waals surface area contributed by atoms with E-state index in [0.29, 0.717) is 16.5 Å². The van der Waals surface area contributed by atoms with Gasteiger partial charge in [-0.25, -0.2) is 0 Å². The van der Waals surface area contributed by atoms with Crippen LogP contribution in [0.15, 0.2) is 54.1 Å². The third-order valence-electron chi connectivity index (χ3n) is 4.83. The summed E-state index contributed by atoms with van der Waals surface area (Å²) in [5, 5.41) is 12.9. The van der Waals surface area contributed by atoms with Crippen molar-refractivity contribution >= 4 is 29.3 Å². The van der Waals surface area contributed by atoms with Crippen LogP contribution in [-0.4, -0.2) is 17.6 Å². The number of anilines is 1. The molecule has 0 atom stereocenters. The number of nitriles is 1. The van der Waals surface area contributed by atoms with E-state index < -0.39 is 5.91 Å². The van der Waals surface area contributed by atoms with Gasteiger partial charge in [0.1, 0.15) is 17.4 Å². The number of methoxy groups -OCH3 is 1. The maximum Gasteiger partial charge on any atom is 0.266 e. The van der Waals surface area contributed by atoms with E-state index in [-0.39, 0.29) is 5.57 Å². The molecule has 1 aromatic heterocycles. The number of nitrogens with one attached hydrogen (secondary N) is 1. The van der Waals surface area contributed by atoms with Gasteiger partial charge in [0.15, 0.2) is 0 Å². The molecule has 0 bridgehead atoms. The number of ether oxygens (including phenoxy) is 1. The molecule has 0 aliphatic carbocycles. The van der Waals surface area contributed by atoms with Crippen LogP contribution in [0.2, 0.25) is 5.02 Å². The van der Waals surface area contributed by atoms with Gasteiger partial charge in [0.25, 0.3) is 5.91 Å². The lowest BCUT2D eigenvalue weighted by molar-refractivity contribution is -0.112. The normalized spacial score (nSPS) is 11.1. The molecule has 0 aliphatic rings. The molecule has 152 valence electrons. The van der Waals surface area contributed by atoms with Crippen molar-refractivity contribution in [3.63, 3.8) is 0 Å². The molecule has 1 amide bonds. The molecule has 0 spiro atoms. The van der Waals surface area contributed by atoms with Gasteiger partial charge in [-0.15, -0.1) is 0 Å². The van der Waals surface area contributed by atoms with E-state index in [9.17, 15) is 10.1 Å². The van der Waals surface area contributed by atoms with Crippen LogP contribution in [-0.2, 0) is 4.79 Å². The van der Waals surface area contributed by atoms with Gasteiger partial charge in [0, 0.05) is 22.1 Å². The molecule has 0 aliphatic heterocycles. The number of nitrogens with zero attached hydrogens (tertiary/aromatic N) is 2. The second-order valence-corrected chi connectivity index (χ2v) is 7.40. The predicted octanol–water partition coefficient (Wildman–Crippen LogP) is 5.61. The molecule has 6 heteroatoms. The maximum absolute atomic E-state index is 12.6. The summed E-state index contributed by atoms with van der Waals surface area (Å²) in [6.45, 7) is 5.84. The molecule has 0 saturated carbocycles. The zero-order valence-corrected chi connectivity index (χ0v) is 18.0. The Balaban J connectivity index is 1.98. The van der Waals surface area contributed by atoms with Crippen molar-refractivity contribution in [2.45, 2.75) is 20.8 Å². The average molecular weight is 420 g/mol. The van der Waals surface area contributed by atoms with Gasteiger partial charge in [-0.3, -0.25) is 4.79 Å². The first-order chi connectivity index (χ1) is 14.3. The summed E-state index contributed by atoms with van der Waals surface area (Å²) in [4.78, 5) is 12.6. The quantitative estimate of drug-likeness (QED) is 0.431. The van der Waals surface area contributed by atoms with Gasteiger partial charge in [-0.2, -0.15) is 5.26 Å². The van der Waals surface area contributed by atoms with E-state index in [1.807, 2.05) is 61.7 Å². The summed E-state index contributed by atoms with van der Waals surface area (Å²) in [5.41, 5.74) is 5.11. The van der Waals surface area contributed by atoms with Gasteiger partial charge in [0.05, 0.1) is 12.8 Å². The summed E-state index contributed by atoms with van der Waals surface area (Å²) in [5.74, 6) is 0.223. The molecule has 3 aromatic rings. The smallest absolute Gasteiger partial charge is 0.266 e. The molecular weight excluding hydrogens is 398 g/mol. The van der Waals surface area contributed by atoms with Crippen molar-refractivity contribution in [1.29, 1.82) is 5.26 Å². The van der Waals surface area contributed by atoms with Crippen LogP contribution in [0.3, 0.4) is 0 Å². The van der Waals surface area contributed by atoms with Crippen molar-refractivity contribution < 1.29 is 9.53 Å². The lowest BCUT2D eigenvalue weighted by Gasteiger charge is -2.14. The summed E-state index contributed by atoms with van der Waals surface area (Å²) in [6.07, 6.45) is 1.60. The Labute approximate surface area is 181 Å². The summed E-state index contributed by atoms with van der Waals surface area (Å²) < 4.78 is 7.47. The van der Waals surface area contributed by atoms with Gasteiger partial charge in [-0.05, 0) is 68.8 Å². The van der Waals surface area contributed by atoms with Crippen molar-refractivity contribution in [3.8, 4) is 17.5 Å². The molecular formula is C24H22ClN3O2. The third kappa shape index (κ3) is 4.40. The Morgan fingerprint density at radius 3 is 2.47 bits per heavy atom. The number of hydrogen-bond acceptors (Lipinski definition) is 3. The molecule has 1 heterocycles. The van der Waals surface area contributed by atoms with Crippen LogP contribution in [0.25, 0.3) is 11.8 Å². The summed E-state index contributed by atoms with van der Waals surface area (Å²) in [7, 11) is 1.60.